The first kappa shape index (κ1) is 18.1. The molecule has 0 amide bonds. The first-order chi connectivity index (χ1) is 12.0. The van der Waals surface area contributed by atoms with E-state index in [9.17, 15) is 0 Å². The molecule has 0 radical (unpaired) electrons. The highest BCUT2D eigenvalue weighted by atomic mass is 16.4. The molecule has 3 atom stereocenters. The monoisotopic (exact) mass is 346 g/mol. The van der Waals surface area contributed by atoms with Crippen LogP contribution in [0.4, 0.5) is 0 Å². The van der Waals surface area contributed by atoms with Crippen molar-refractivity contribution in [3.05, 3.63) is 29.7 Å². The van der Waals surface area contributed by atoms with Gasteiger partial charge >= 0.3 is 0 Å². The Morgan fingerprint density at radius 2 is 2.20 bits per heavy atom. The Bertz CT molecular complexity index is 681. The van der Waals surface area contributed by atoms with Crippen molar-refractivity contribution < 1.29 is 4.42 Å². The number of nitrogens with zero attached hydrogens (tertiary/aromatic N) is 6. The van der Waals surface area contributed by atoms with E-state index >= 15 is 0 Å². The number of piperidine rings is 1. The highest BCUT2D eigenvalue weighted by Crippen LogP contribution is 2.37. The molecule has 7 heteroatoms. The van der Waals surface area contributed by atoms with Crippen LogP contribution in [0, 0.1) is 12.8 Å². The van der Waals surface area contributed by atoms with Gasteiger partial charge in [-0.05, 0) is 45.8 Å². The Labute approximate surface area is 150 Å². The number of aryl methyl sites for hydroxylation is 2. The average Bonchev–Trinajstić information content (AvgIpc) is 3.22. The molecule has 0 aromatic carbocycles. The number of hydrogen-bond donors (Lipinski definition) is 0. The third-order valence-electron chi connectivity index (χ3n) is 5.42. The molecule has 1 aliphatic rings. The van der Waals surface area contributed by atoms with E-state index in [4.69, 9.17) is 4.42 Å². The minimum atomic E-state index is 0.118. The first-order valence-corrected chi connectivity index (χ1v) is 9.22. The number of likely N-dealkylation sites (tertiary alicyclic amines) is 1. The van der Waals surface area contributed by atoms with Gasteiger partial charge < -0.3 is 4.42 Å². The van der Waals surface area contributed by atoms with Crippen LogP contribution in [0.25, 0.3) is 0 Å². The van der Waals surface area contributed by atoms with E-state index < -0.39 is 0 Å². The van der Waals surface area contributed by atoms with E-state index in [0.717, 1.165) is 19.6 Å². The van der Waals surface area contributed by atoms with Crippen LogP contribution < -0.4 is 0 Å². The molecular formula is C18H30N6O. The molecule has 25 heavy (non-hydrogen) atoms. The van der Waals surface area contributed by atoms with Crippen molar-refractivity contribution in [1.29, 1.82) is 0 Å². The molecule has 0 aliphatic carbocycles. The topological polar surface area (TPSA) is 63.2 Å². The zero-order valence-corrected chi connectivity index (χ0v) is 16.0. The maximum absolute atomic E-state index is 5.63. The van der Waals surface area contributed by atoms with Crippen molar-refractivity contribution in [1.82, 2.24) is 29.8 Å². The molecule has 1 saturated heterocycles. The Kier molecular flexibility index (Phi) is 5.54. The molecule has 1 fully saturated rings. The molecule has 0 unspecified atom stereocenters. The maximum Gasteiger partial charge on any atom is 0.233 e. The van der Waals surface area contributed by atoms with Gasteiger partial charge in [-0.1, -0.05) is 6.92 Å². The van der Waals surface area contributed by atoms with Gasteiger partial charge in [0.05, 0.1) is 12.2 Å². The van der Waals surface area contributed by atoms with Gasteiger partial charge in [-0.15, -0.1) is 10.2 Å². The molecule has 3 heterocycles. The quantitative estimate of drug-likeness (QED) is 0.801. The fourth-order valence-corrected chi connectivity index (χ4v) is 3.97. The second-order valence-electron chi connectivity index (χ2n) is 7.20. The normalized spacial score (nSPS) is 23.3. The molecule has 0 N–H and O–H groups in total. The summed E-state index contributed by atoms with van der Waals surface area (Å²) in [6, 6.07) is 0.541. The maximum atomic E-state index is 5.63. The average molecular weight is 346 g/mol. The lowest BCUT2D eigenvalue weighted by Gasteiger charge is -2.42. The van der Waals surface area contributed by atoms with E-state index in [1.54, 1.807) is 0 Å². The van der Waals surface area contributed by atoms with Gasteiger partial charge in [0.2, 0.25) is 11.8 Å². The van der Waals surface area contributed by atoms with Crippen LogP contribution in [0.5, 0.6) is 0 Å². The highest BCUT2D eigenvalue weighted by molar-refractivity contribution is 5.13. The van der Waals surface area contributed by atoms with Crippen molar-refractivity contribution in [3.8, 4) is 0 Å². The summed E-state index contributed by atoms with van der Waals surface area (Å²) in [7, 11) is 4.14. The fourth-order valence-electron chi connectivity index (χ4n) is 3.97. The van der Waals surface area contributed by atoms with E-state index in [-0.39, 0.29) is 6.04 Å². The van der Waals surface area contributed by atoms with Crippen molar-refractivity contribution in [2.24, 2.45) is 13.0 Å². The van der Waals surface area contributed by atoms with Gasteiger partial charge in [-0.2, -0.15) is 5.10 Å². The van der Waals surface area contributed by atoms with Crippen LogP contribution in [0.2, 0.25) is 0 Å². The minimum Gasteiger partial charge on any atom is -0.424 e. The third kappa shape index (κ3) is 3.93. The zero-order valence-electron chi connectivity index (χ0n) is 16.0. The number of aromatic nitrogens is 4. The fraction of sp³-hybridized carbons (Fsp3) is 0.722. The van der Waals surface area contributed by atoms with Crippen molar-refractivity contribution >= 4 is 0 Å². The number of rotatable bonds is 6. The molecule has 1 aliphatic heterocycles. The summed E-state index contributed by atoms with van der Waals surface area (Å²) in [5, 5.41) is 12.6. The largest absolute Gasteiger partial charge is 0.424 e. The highest BCUT2D eigenvalue weighted by Gasteiger charge is 2.34. The lowest BCUT2D eigenvalue weighted by atomic mass is 9.85. The van der Waals surface area contributed by atoms with E-state index in [2.05, 4.69) is 52.2 Å². The zero-order chi connectivity index (χ0) is 18.0. The second kappa shape index (κ2) is 7.66. The predicted molar refractivity (Wildman–Crippen MR) is 96.0 cm³/mol. The van der Waals surface area contributed by atoms with Crippen LogP contribution in [0.3, 0.4) is 0 Å². The third-order valence-corrected chi connectivity index (χ3v) is 5.42. The molecule has 0 bridgehead atoms. The summed E-state index contributed by atoms with van der Waals surface area (Å²) >= 11 is 0. The van der Waals surface area contributed by atoms with Crippen molar-refractivity contribution in [3.63, 3.8) is 0 Å². The van der Waals surface area contributed by atoms with Crippen LogP contribution in [0.15, 0.2) is 16.8 Å². The lowest BCUT2D eigenvalue weighted by Crippen LogP contribution is -2.43. The second-order valence-corrected chi connectivity index (χ2v) is 7.20. The molecular weight excluding hydrogens is 316 g/mol. The molecule has 7 nitrogen and oxygen atoms in total. The first-order valence-electron chi connectivity index (χ1n) is 9.22. The van der Waals surface area contributed by atoms with E-state index in [1.807, 2.05) is 24.9 Å². The molecule has 3 rings (SSSR count). The Balaban J connectivity index is 1.76. The van der Waals surface area contributed by atoms with Crippen molar-refractivity contribution in [2.45, 2.75) is 45.7 Å². The van der Waals surface area contributed by atoms with Crippen LogP contribution in [-0.4, -0.2) is 56.5 Å². The summed E-state index contributed by atoms with van der Waals surface area (Å²) < 4.78 is 7.53. The lowest BCUT2D eigenvalue weighted by molar-refractivity contribution is 0.0646. The van der Waals surface area contributed by atoms with Gasteiger partial charge in [0, 0.05) is 38.3 Å². The Morgan fingerprint density at radius 1 is 1.40 bits per heavy atom. The van der Waals surface area contributed by atoms with Gasteiger partial charge in [0.1, 0.15) is 0 Å². The summed E-state index contributed by atoms with van der Waals surface area (Å²) in [5.74, 6) is 1.88. The van der Waals surface area contributed by atoms with Crippen LogP contribution in [-0.2, 0) is 7.05 Å². The minimum absolute atomic E-state index is 0.118. The van der Waals surface area contributed by atoms with Crippen LogP contribution >= 0.6 is 0 Å². The van der Waals surface area contributed by atoms with Gasteiger partial charge in [-0.3, -0.25) is 14.5 Å². The van der Waals surface area contributed by atoms with Gasteiger partial charge in [0.15, 0.2) is 0 Å². The molecule has 0 spiro atoms. The summed E-state index contributed by atoms with van der Waals surface area (Å²) in [4.78, 5) is 4.92. The Hall–Kier alpha value is -1.73. The molecule has 138 valence electrons. The SMILES string of the molecule is CCN1CCC[C@@H](CN(C)[C@H](C)c2nnc(C)o2)[C@@H]1c1cnn(C)c1. The summed E-state index contributed by atoms with van der Waals surface area (Å²) in [6.07, 6.45) is 6.67. The van der Waals surface area contributed by atoms with Crippen molar-refractivity contribution in [2.75, 3.05) is 26.7 Å². The summed E-state index contributed by atoms with van der Waals surface area (Å²) in [6.45, 7) is 9.44. The molecule has 2 aromatic rings. The predicted octanol–water partition coefficient (Wildman–Crippen LogP) is 2.58. The Morgan fingerprint density at radius 3 is 2.80 bits per heavy atom. The number of hydrogen-bond acceptors (Lipinski definition) is 6. The smallest absolute Gasteiger partial charge is 0.233 e. The summed E-state index contributed by atoms with van der Waals surface area (Å²) in [5.41, 5.74) is 1.32. The van der Waals surface area contributed by atoms with Crippen LogP contribution in [0.1, 0.15) is 56.1 Å². The standard InChI is InChI=1S/C18H30N6O/c1-6-24-9-7-8-15(17(24)16-10-19-23(5)12-16)11-22(4)13(2)18-21-20-14(3)25-18/h10,12-13,15,17H,6-9,11H2,1-5H3/t13-,15+,17-/m1/s1. The van der Waals surface area contributed by atoms with Gasteiger partial charge in [0.25, 0.3) is 0 Å². The molecule has 0 saturated carbocycles. The van der Waals surface area contributed by atoms with Gasteiger partial charge in [-0.25, -0.2) is 0 Å². The van der Waals surface area contributed by atoms with E-state index in [1.165, 1.54) is 18.4 Å². The van der Waals surface area contributed by atoms with E-state index in [0.29, 0.717) is 23.7 Å². The molecule has 2 aromatic heterocycles.